The predicted molar refractivity (Wildman–Crippen MR) is 77.5 cm³/mol. The monoisotopic (exact) mass is 282 g/mol. The second-order valence-corrected chi connectivity index (χ2v) is 7.20. The lowest BCUT2D eigenvalue weighted by atomic mass is 10.1. The Balaban J connectivity index is 2.01. The van der Waals surface area contributed by atoms with Crippen LogP contribution in [-0.4, -0.2) is 15.0 Å². The largest absolute Gasteiger partial charge is 0.398 e. The van der Waals surface area contributed by atoms with Crippen molar-refractivity contribution in [3.63, 3.8) is 0 Å². The van der Waals surface area contributed by atoms with Crippen molar-refractivity contribution >= 4 is 15.7 Å². The molecule has 1 aliphatic carbocycles. The van der Waals surface area contributed by atoms with E-state index >= 15 is 0 Å². The molecule has 5 heteroatoms. The van der Waals surface area contributed by atoms with E-state index in [9.17, 15) is 8.42 Å². The third-order valence-electron chi connectivity index (χ3n) is 3.77. The molecule has 0 amide bonds. The number of nitrogens with two attached hydrogens (primary N) is 1. The molecule has 0 unspecified atom stereocenters. The Kier molecular flexibility index (Phi) is 4.16. The van der Waals surface area contributed by atoms with Gasteiger partial charge in [0.25, 0.3) is 0 Å². The van der Waals surface area contributed by atoms with Gasteiger partial charge >= 0.3 is 0 Å². The lowest BCUT2D eigenvalue weighted by molar-refractivity contribution is 0.572. The highest BCUT2D eigenvalue weighted by atomic mass is 32.2. The van der Waals surface area contributed by atoms with E-state index in [1.165, 1.54) is 18.9 Å². The van der Waals surface area contributed by atoms with Crippen molar-refractivity contribution in [2.24, 2.45) is 5.92 Å². The van der Waals surface area contributed by atoms with Crippen molar-refractivity contribution in [2.75, 3.05) is 12.3 Å². The van der Waals surface area contributed by atoms with Crippen molar-refractivity contribution in [1.82, 2.24) is 4.72 Å². The second kappa shape index (κ2) is 5.51. The van der Waals surface area contributed by atoms with E-state index in [-0.39, 0.29) is 4.90 Å². The minimum absolute atomic E-state index is 0.263. The molecule has 1 aliphatic rings. The lowest BCUT2D eigenvalue weighted by Crippen LogP contribution is -2.25. The molecule has 0 radical (unpaired) electrons. The number of aryl methyl sites for hydroxylation is 1. The van der Waals surface area contributed by atoms with Crippen LogP contribution < -0.4 is 10.5 Å². The Bertz CT molecular complexity index is 540. The first-order chi connectivity index (χ1) is 8.90. The van der Waals surface area contributed by atoms with Crippen molar-refractivity contribution in [2.45, 2.75) is 44.4 Å². The van der Waals surface area contributed by atoms with Gasteiger partial charge in [-0.25, -0.2) is 13.1 Å². The molecule has 2 rings (SSSR count). The number of rotatable bonds is 6. The zero-order valence-corrected chi connectivity index (χ0v) is 12.4. The predicted octanol–water partition coefficient (Wildman–Crippen LogP) is 2.35. The molecule has 4 nitrogen and oxygen atoms in total. The quantitative estimate of drug-likeness (QED) is 0.621. The molecular weight excluding hydrogens is 260 g/mol. The van der Waals surface area contributed by atoms with E-state index in [0.29, 0.717) is 12.2 Å². The molecule has 1 aromatic carbocycles. The van der Waals surface area contributed by atoms with Gasteiger partial charge in [0.05, 0.1) is 4.90 Å². The number of hydrogen-bond acceptors (Lipinski definition) is 3. The fourth-order valence-electron chi connectivity index (χ4n) is 2.09. The van der Waals surface area contributed by atoms with Crippen molar-refractivity contribution in [1.29, 1.82) is 0 Å². The van der Waals surface area contributed by atoms with Gasteiger partial charge in [0, 0.05) is 12.2 Å². The van der Waals surface area contributed by atoms with E-state index in [0.717, 1.165) is 29.9 Å². The maximum atomic E-state index is 12.1. The summed E-state index contributed by atoms with van der Waals surface area (Å²) in [6, 6.07) is 3.21. The van der Waals surface area contributed by atoms with Crippen LogP contribution in [0, 0.1) is 19.8 Å². The maximum absolute atomic E-state index is 12.1. The maximum Gasteiger partial charge on any atom is 0.240 e. The van der Waals surface area contributed by atoms with Crippen LogP contribution in [0.1, 0.15) is 36.8 Å². The Morgan fingerprint density at radius 2 is 2.00 bits per heavy atom. The van der Waals surface area contributed by atoms with Crippen molar-refractivity contribution in [3.8, 4) is 0 Å². The van der Waals surface area contributed by atoms with Crippen molar-refractivity contribution in [3.05, 3.63) is 23.3 Å². The van der Waals surface area contributed by atoms with Gasteiger partial charge in [0.15, 0.2) is 0 Å². The Labute approximate surface area is 115 Å². The summed E-state index contributed by atoms with van der Waals surface area (Å²) in [6.07, 6.45) is 4.64. The fourth-order valence-corrected chi connectivity index (χ4v) is 3.29. The SMILES string of the molecule is Cc1cc(S(=O)(=O)NCCCC2CC2)cc(N)c1C. The highest BCUT2D eigenvalue weighted by Crippen LogP contribution is 2.33. The molecule has 0 bridgehead atoms. The molecule has 1 fully saturated rings. The summed E-state index contributed by atoms with van der Waals surface area (Å²) in [4.78, 5) is 0.263. The summed E-state index contributed by atoms with van der Waals surface area (Å²) >= 11 is 0. The normalized spacial score (nSPS) is 15.7. The topological polar surface area (TPSA) is 72.2 Å². The molecule has 106 valence electrons. The van der Waals surface area contributed by atoms with Gasteiger partial charge in [-0.05, 0) is 55.9 Å². The van der Waals surface area contributed by atoms with Crippen LogP contribution in [-0.2, 0) is 10.0 Å². The summed E-state index contributed by atoms with van der Waals surface area (Å²) in [7, 11) is -3.43. The first-order valence-electron chi connectivity index (χ1n) is 6.76. The number of anilines is 1. The third-order valence-corrected chi connectivity index (χ3v) is 5.21. The smallest absolute Gasteiger partial charge is 0.240 e. The summed E-state index contributed by atoms with van der Waals surface area (Å²) in [5.41, 5.74) is 8.19. The van der Waals surface area contributed by atoms with Crippen LogP contribution >= 0.6 is 0 Å². The Morgan fingerprint density at radius 1 is 1.32 bits per heavy atom. The van der Waals surface area contributed by atoms with Gasteiger partial charge in [-0.1, -0.05) is 12.8 Å². The Morgan fingerprint density at radius 3 is 2.58 bits per heavy atom. The van der Waals surface area contributed by atoms with Crippen LogP contribution in [0.5, 0.6) is 0 Å². The summed E-state index contributed by atoms with van der Waals surface area (Å²) in [5, 5.41) is 0. The number of nitrogen functional groups attached to an aromatic ring is 1. The van der Waals surface area contributed by atoms with Crippen LogP contribution in [0.2, 0.25) is 0 Å². The van der Waals surface area contributed by atoms with Crippen molar-refractivity contribution < 1.29 is 8.42 Å². The van der Waals surface area contributed by atoms with Gasteiger partial charge < -0.3 is 5.73 Å². The average Bonchev–Trinajstić information content (AvgIpc) is 3.15. The molecule has 0 heterocycles. The molecule has 0 saturated heterocycles. The van der Waals surface area contributed by atoms with Crippen LogP contribution in [0.25, 0.3) is 0 Å². The molecule has 0 spiro atoms. The van der Waals surface area contributed by atoms with Gasteiger partial charge in [0.2, 0.25) is 10.0 Å². The van der Waals surface area contributed by atoms with Gasteiger partial charge in [-0.2, -0.15) is 0 Å². The van der Waals surface area contributed by atoms with Crippen LogP contribution in [0.15, 0.2) is 17.0 Å². The fraction of sp³-hybridized carbons (Fsp3) is 0.571. The second-order valence-electron chi connectivity index (χ2n) is 5.44. The first-order valence-corrected chi connectivity index (χ1v) is 8.25. The zero-order valence-electron chi connectivity index (χ0n) is 11.6. The van der Waals surface area contributed by atoms with Gasteiger partial charge in [-0.3, -0.25) is 0 Å². The third kappa shape index (κ3) is 3.70. The zero-order chi connectivity index (χ0) is 14.0. The minimum Gasteiger partial charge on any atom is -0.398 e. The van der Waals surface area contributed by atoms with E-state index < -0.39 is 10.0 Å². The summed E-state index contributed by atoms with van der Waals surface area (Å²) < 4.78 is 26.9. The molecule has 1 aromatic rings. The number of hydrogen-bond donors (Lipinski definition) is 2. The minimum atomic E-state index is -3.43. The van der Waals surface area contributed by atoms with E-state index in [1.54, 1.807) is 6.07 Å². The first kappa shape index (κ1) is 14.3. The highest BCUT2D eigenvalue weighted by Gasteiger charge is 2.21. The molecule has 1 saturated carbocycles. The molecule has 19 heavy (non-hydrogen) atoms. The lowest BCUT2D eigenvalue weighted by Gasteiger charge is -2.10. The molecular formula is C14H22N2O2S. The van der Waals surface area contributed by atoms with Crippen LogP contribution in [0.4, 0.5) is 5.69 Å². The summed E-state index contributed by atoms with van der Waals surface area (Å²) in [6.45, 7) is 4.27. The van der Waals surface area contributed by atoms with E-state index in [4.69, 9.17) is 5.73 Å². The molecule has 3 N–H and O–H groups in total. The average molecular weight is 282 g/mol. The number of benzene rings is 1. The standard InChI is InChI=1S/C14H22N2O2S/c1-10-8-13(9-14(15)11(10)2)19(17,18)16-7-3-4-12-5-6-12/h8-9,12,16H,3-7,15H2,1-2H3. The Hall–Kier alpha value is -1.07. The van der Waals surface area contributed by atoms with E-state index in [2.05, 4.69) is 4.72 Å². The van der Waals surface area contributed by atoms with Crippen LogP contribution in [0.3, 0.4) is 0 Å². The molecule has 0 aromatic heterocycles. The van der Waals surface area contributed by atoms with Gasteiger partial charge in [-0.15, -0.1) is 0 Å². The summed E-state index contributed by atoms with van der Waals surface area (Å²) in [5.74, 6) is 0.835. The molecule has 0 aliphatic heterocycles. The highest BCUT2D eigenvalue weighted by molar-refractivity contribution is 7.89. The number of sulfonamides is 1. The van der Waals surface area contributed by atoms with Gasteiger partial charge in [0.1, 0.15) is 0 Å². The van der Waals surface area contributed by atoms with E-state index in [1.807, 2.05) is 13.8 Å². The number of nitrogens with one attached hydrogen (secondary N) is 1. The molecule has 0 atom stereocenters.